The molecule has 0 bridgehead atoms. The zero-order valence-corrected chi connectivity index (χ0v) is 9.38. The molecule has 3 aromatic rings. The van der Waals surface area contributed by atoms with Gasteiger partial charge in [-0.15, -0.1) is 0 Å². The van der Waals surface area contributed by atoms with Crippen molar-refractivity contribution in [1.82, 2.24) is 15.2 Å². The Morgan fingerprint density at radius 1 is 1.22 bits per heavy atom. The number of nitrogen functional groups attached to an aromatic ring is 1. The summed E-state index contributed by atoms with van der Waals surface area (Å²) in [6.07, 6.45) is 1.44. The molecule has 0 amide bonds. The van der Waals surface area contributed by atoms with Gasteiger partial charge < -0.3 is 5.73 Å². The van der Waals surface area contributed by atoms with Crippen LogP contribution >= 0.6 is 0 Å². The number of hydrogen-bond acceptors (Lipinski definition) is 4. The van der Waals surface area contributed by atoms with Crippen molar-refractivity contribution in [3.05, 3.63) is 42.1 Å². The van der Waals surface area contributed by atoms with E-state index in [9.17, 15) is 0 Å². The molecule has 86 valence electrons. The Kier molecular flexibility index (Phi) is 2.21. The highest BCUT2D eigenvalue weighted by molar-refractivity contribution is 6.01. The minimum atomic E-state index is 0.362. The fraction of sp³-hybridized carbons (Fsp3) is 0. The number of nitrogens with one attached hydrogen (secondary N) is 1. The van der Waals surface area contributed by atoms with Gasteiger partial charge in [-0.1, -0.05) is 30.3 Å². The highest BCUT2D eigenvalue weighted by Crippen LogP contribution is 2.30. The summed E-state index contributed by atoms with van der Waals surface area (Å²) in [7, 11) is 0. The number of hydrogen-bond donors (Lipinski definition) is 2. The number of aromatic amines is 1. The lowest BCUT2D eigenvalue weighted by Crippen LogP contribution is -1.93. The van der Waals surface area contributed by atoms with Crippen molar-refractivity contribution in [2.75, 3.05) is 5.73 Å². The summed E-state index contributed by atoms with van der Waals surface area (Å²) >= 11 is 0. The number of aromatic nitrogens is 3. The molecule has 0 atom stereocenters. The molecule has 18 heavy (non-hydrogen) atoms. The molecule has 0 aliphatic carbocycles. The van der Waals surface area contributed by atoms with Crippen molar-refractivity contribution in [1.29, 1.82) is 5.26 Å². The van der Waals surface area contributed by atoms with Crippen LogP contribution in [0.3, 0.4) is 0 Å². The van der Waals surface area contributed by atoms with E-state index < -0.39 is 0 Å². The summed E-state index contributed by atoms with van der Waals surface area (Å²) in [5, 5.41) is 16.7. The maximum absolute atomic E-state index is 8.98. The van der Waals surface area contributed by atoms with Crippen molar-refractivity contribution < 1.29 is 0 Å². The molecule has 1 aromatic carbocycles. The summed E-state index contributed by atoms with van der Waals surface area (Å²) < 4.78 is 0. The number of rotatable bonds is 1. The molecule has 0 unspecified atom stereocenters. The van der Waals surface area contributed by atoms with E-state index in [4.69, 9.17) is 11.0 Å². The zero-order chi connectivity index (χ0) is 12.5. The maximum atomic E-state index is 8.98. The van der Waals surface area contributed by atoms with Crippen molar-refractivity contribution >= 4 is 16.7 Å². The topological polar surface area (TPSA) is 91.4 Å². The first kappa shape index (κ1) is 10.3. The predicted octanol–water partition coefficient (Wildman–Crippen LogP) is 2.08. The van der Waals surface area contributed by atoms with Gasteiger partial charge in [0.25, 0.3) is 0 Å². The molecule has 0 saturated heterocycles. The number of benzene rings is 1. The first-order valence-electron chi connectivity index (χ1n) is 5.39. The number of nitrogens with two attached hydrogens (primary N) is 1. The third-order valence-electron chi connectivity index (χ3n) is 2.81. The molecule has 3 N–H and O–H groups in total. The lowest BCUT2D eigenvalue weighted by Gasteiger charge is -2.01. The number of nitriles is 1. The largest absolute Gasteiger partial charge is 0.397 e. The van der Waals surface area contributed by atoms with Crippen LogP contribution in [0.4, 0.5) is 5.69 Å². The average Bonchev–Trinajstić information content (AvgIpc) is 2.85. The van der Waals surface area contributed by atoms with Gasteiger partial charge in [0, 0.05) is 11.8 Å². The minimum Gasteiger partial charge on any atom is -0.397 e. The average molecular weight is 235 g/mol. The molecule has 5 nitrogen and oxygen atoms in total. The van der Waals surface area contributed by atoms with Gasteiger partial charge in [0.05, 0.1) is 22.3 Å². The number of pyridine rings is 1. The molecule has 0 aliphatic heterocycles. The van der Waals surface area contributed by atoms with Gasteiger partial charge in [0.15, 0.2) is 5.65 Å². The Bertz CT molecular complexity index is 752. The van der Waals surface area contributed by atoms with Crippen LogP contribution in [0.2, 0.25) is 0 Å². The Hall–Kier alpha value is -2.87. The van der Waals surface area contributed by atoms with Crippen LogP contribution in [0, 0.1) is 11.3 Å². The van der Waals surface area contributed by atoms with E-state index >= 15 is 0 Å². The van der Waals surface area contributed by atoms with Gasteiger partial charge in [-0.25, -0.2) is 4.98 Å². The van der Waals surface area contributed by atoms with E-state index in [-0.39, 0.29) is 0 Å². The number of fused-ring (bicyclic) bond motifs is 1. The van der Waals surface area contributed by atoms with Gasteiger partial charge in [-0.3, -0.25) is 5.10 Å². The summed E-state index contributed by atoms with van der Waals surface area (Å²) in [4.78, 5) is 4.11. The molecule has 0 saturated carbocycles. The molecular weight excluding hydrogens is 226 g/mol. The Labute approximate surface area is 103 Å². The standard InChI is InChI=1S/C13H9N5/c14-6-9-7-16-13-10(11(9)15)12(17-18-13)8-4-2-1-3-5-8/h1-5,7H,(H3,15,16,17,18). The van der Waals surface area contributed by atoms with Crippen LogP contribution in [0.25, 0.3) is 22.3 Å². The third-order valence-corrected chi connectivity index (χ3v) is 2.81. The quantitative estimate of drug-likeness (QED) is 0.675. The highest BCUT2D eigenvalue weighted by Gasteiger charge is 2.14. The third kappa shape index (κ3) is 1.40. The van der Waals surface area contributed by atoms with Gasteiger partial charge in [-0.2, -0.15) is 10.4 Å². The minimum absolute atomic E-state index is 0.362. The maximum Gasteiger partial charge on any atom is 0.183 e. The second-order valence-corrected chi connectivity index (χ2v) is 3.86. The molecule has 0 aliphatic rings. The van der Waals surface area contributed by atoms with Crippen molar-refractivity contribution in [3.8, 4) is 17.3 Å². The summed E-state index contributed by atoms with van der Waals surface area (Å²) in [5.41, 5.74) is 9.03. The summed E-state index contributed by atoms with van der Waals surface area (Å²) in [6.45, 7) is 0. The van der Waals surface area contributed by atoms with E-state index in [1.165, 1.54) is 6.20 Å². The summed E-state index contributed by atoms with van der Waals surface area (Å²) in [6, 6.07) is 11.7. The van der Waals surface area contributed by atoms with Gasteiger partial charge in [-0.05, 0) is 0 Å². The van der Waals surface area contributed by atoms with E-state index in [2.05, 4.69) is 15.2 Å². The van der Waals surface area contributed by atoms with Crippen molar-refractivity contribution in [2.45, 2.75) is 0 Å². The van der Waals surface area contributed by atoms with Crippen LogP contribution in [0.15, 0.2) is 36.5 Å². The van der Waals surface area contributed by atoms with Crippen LogP contribution < -0.4 is 5.73 Å². The molecule has 3 rings (SSSR count). The van der Waals surface area contributed by atoms with E-state index in [1.54, 1.807) is 0 Å². The van der Waals surface area contributed by atoms with Gasteiger partial charge in [0.1, 0.15) is 6.07 Å². The number of H-pyrrole nitrogens is 1. The van der Waals surface area contributed by atoms with Crippen LogP contribution in [-0.2, 0) is 0 Å². The first-order chi connectivity index (χ1) is 8.81. The fourth-order valence-corrected chi connectivity index (χ4v) is 1.91. The van der Waals surface area contributed by atoms with Crippen LogP contribution in [-0.4, -0.2) is 15.2 Å². The van der Waals surface area contributed by atoms with Gasteiger partial charge in [0.2, 0.25) is 0 Å². The molecular formula is C13H9N5. The predicted molar refractivity (Wildman–Crippen MR) is 68.5 cm³/mol. The normalized spacial score (nSPS) is 10.4. The molecule has 0 radical (unpaired) electrons. The molecule has 0 fully saturated rings. The number of anilines is 1. The first-order valence-corrected chi connectivity index (χ1v) is 5.39. The van der Waals surface area contributed by atoms with Gasteiger partial charge >= 0.3 is 0 Å². The SMILES string of the molecule is N#Cc1cnc2n[nH]c(-c3ccccc3)c2c1N. The molecule has 2 heterocycles. The summed E-state index contributed by atoms with van der Waals surface area (Å²) in [5.74, 6) is 0. The Balaban J connectivity index is 2.36. The second-order valence-electron chi connectivity index (χ2n) is 3.86. The lowest BCUT2D eigenvalue weighted by atomic mass is 10.1. The van der Waals surface area contributed by atoms with Crippen molar-refractivity contribution in [3.63, 3.8) is 0 Å². The van der Waals surface area contributed by atoms with Crippen LogP contribution in [0.1, 0.15) is 5.56 Å². The fourth-order valence-electron chi connectivity index (χ4n) is 1.91. The lowest BCUT2D eigenvalue weighted by molar-refractivity contribution is 1.10. The smallest absolute Gasteiger partial charge is 0.183 e. The van der Waals surface area contributed by atoms with E-state index in [0.717, 1.165) is 11.3 Å². The highest BCUT2D eigenvalue weighted by atomic mass is 15.1. The molecule has 0 spiro atoms. The Morgan fingerprint density at radius 2 is 2.00 bits per heavy atom. The number of nitrogens with zero attached hydrogens (tertiary/aromatic N) is 3. The van der Waals surface area contributed by atoms with E-state index in [1.807, 2.05) is 36.4 Å². The van der Waals surface area contributed by atoms with Crippen LogP contribution in [0.5, 0.6) is 0 Å². The zero-order valence-electron chi connectivity index (χ0n) is 9.38. The molecule has 5 heteroatoms. The van der Waals surface area contributed by atoms with E-state index in [0.29, 0.717) is 22.3 Å². The molecule has 2 aromatic heterocycles. The van der Waals surface area contributed by atoms with Crippen molar-refractivity contribution in [2.24, 2.45) is 0 Å². The second kappa shape index (κ2) is 3.86. The monoisotopic (exact) mass is 235 g/mol. The Morgan fingerprint density at radius 3 is 2.72 bits per heavy atom.